The fraction of sp³-hybridized carbons (Fsp3) is 0.615. The maximum absolute atomic E-state index is 12.2. The van der Waals surface area contributed by atoms with Crippen molar-refractivity contribution in [1.29, 1.82) is 0 Å². The van der Waals surface area contributed by atoms with Crippen LogP contribution in [-0.4, -0.2) is 35.1 Å². The highest BCUT2D eigenvalue weighted by molar-refractivity contribution is 7.10. The summed E-state index contributed by atoms with van der Waals surface area (Å²) in [6, 6.07) is 4.36. The van der Waals surface area contributed by atoms with E-state index in [1.165, 1.54) is 0 Å². The van der Waals surface area contributed by atoms with Crippen LogP contribution in [0.25, 0.3) is 0 Å². The van der Waals surface area contributed by atoms with E-state index in [9.17, 15) is 4.79 Å². The van der Waals surface area contributed by atoms with E-state index in [0.29, 0.717) is 12.5 Å². The minimum Gasteiger partial charge on any atom is -0.396 e. The zero-order valence-corrected chi connectivity index (χ0v) is 10.8. The van der Waals surface area contributed by atoms with Crippen LogP contribution < -0.4 is 0 Å². The first-order chi connectivity index (χ1) is 8.31. The number of likely N-dealkylation sites (tertiary alicyclic amines) is 1. The lowest BCUT2D eigenvalue weighted by atomic mass is 10.1. The zero-order chi connectivity index (χ0) is 12.1. The summed E-state index contributed by atoms with van der Waals surface area (Å²) in [5.41, 5.74) is 0. The lowest BCUT2D eigenvalue weighted by molar-refractivity contribution is -0.131. The smallest absolute Gasteiger partial charge is 0.228 e. The number of hydrogen-bond acceptors (Lipinski definition) is 3. The molecule has 0 radical (unpaired) electrons. The van der Waals surface area contributed by atoms with Crippen LogP contribution >= 0.6 is 11.3 Å². The molecule has 0 bridgehead atoms. The van der Waals surface area contributed by atoms with Crippen LogP contribution in [0, 0.1) is 0 Å². The SMILES string of the molecule is O=C(Cc1cccs1)N1CCCC1CCCO. The molecule has 1 aliphatic rings. The van der Waals surface area contributed by atoms with Crippen LogP contribution in [0.1, 0.15) is 30.6 Å². The molecule has 4 heteroatoms. The molecule has 3 nitrogen and oxygen atoms in total. The first-order valence-corrected chi connectivity index (χ1v) is 7.12. The van der Waals surface area contributed by atoms with E-state index in [1.54, 1.807) is 11.3 Å². The number of carbonyl (C=O) groups is 1. The summed E-state index contributed by atoms with van der Waals surface area (Å²) in [6.07, 6.45) is 4.47. The van der Waals surface area contributed by atoms with E-state index in [0.717, 1.165) is 37.1 Å². The number of hydrogen-bond donors (Lipinski definition) is 1. The molecule has 1 aliphatic heterocycles. The molecule has 1 saturated heterocycles. The summed E-state index contributed by atoms with van der Waals surface area (Å²) in [4.78, 5) is 15.3. The third-order valence-electron chi connectivity index (χ3n) is 3.30. The number of aliphatic hydroxyl groups excluding tert-OH is 1. The molecule has 1 aromatic rings. The van der Waals surface area contributed by atoms with Gasteiger partial charge in [-0.2, -0.15) is 0 Å². The predicted molar refractivity (Wildman–Crippen MR) is 69.1 cm³/mol. The van der Waals surface area contributed by atoms with E-state index in [4.69, 9.17) is 5.11 Å². The van der Waals surface area contributed by atoms with Gasteiger partial charge >= 0.3 is 0 Å². The van der Waals surface area contributed by atoms with Crippen molar-refractivity contribution in [2.45, 2.75) is 38.1 Å². The normalized spacial score (nSPS) is 19.8. The number of rotatable bonds is 5. The first-order valence-electron chi connectivity index (χ1n) is 6.24. The van der Waals surface area contributed by atoms with E-state index >= 15 is 0 Å². The van der Waals surface area contributed by atoms with Gasteiger partial charge < -0.3 is 10.0 Å². The molecular weight excluding hydrogens is 234 g/mol. The van der Waals surface area contributed by atoms with E-state index in [1.807, 2.05) is 22.4 Å². The van der Waals surface area contributed by atoms with Gasteiger partial charge in [-0.15, -0.1) is 11.3 Å². The number of nitrogens with zero attached hydrogens (tertiary/aromatic N) is 1. The molecule has 1 N–H and O–H groups in total. The molecule has 1 amide bonds. The third kappa shape index (κ3) is 3.30. The summed E-state index contributed by atoms with van der Waals surface area (Å²) in [6.45, 7) is 1.11. The molecule has 0 saturated carbocycles. The number of aliphatic hydroxyl groups is 1. The molecule has 0 aromatic carbocycles. The minimum atomic E-state index is 0.226. The molecule has 0 spiro atoms. The maximum Gasteiger partial charge on any atom is 0.228 e. The number of carbonyl (C=O) groups excluding carboxylic acids is 1. The summed E-state index contributed by atoms with van der Waals surface area (Å²) in [5.74, 6) is 0.243. The van der Waals surface area contributed by atoms with Crippen molar-refractivity contribution in [3.8, 4) is 0 Å². The van der Waals surface area contributed by atoms with Crippen LogP contribution in [0.4, 0.5) is 0 Å². The van der Waals surface area contributed by atoms with Gasteiger partial charge in [0, 0.05) is 24.1 Å². The lowest BCUT2D eigenvalue weighted by Crippen LogP contribution is -2.36. The van der Waals surface area contributed by atoms with E-state index < -0.39 is 0 Å². The quantitative estimate of drug-likeness (QED) is 0.872. The largest absolute Gasteiger partial charge is 0.396 e. The summed E-state index contributed by atoms with van der Waals surface area (Å²) in [7, 11) is 0. The summed E-state index contributed by atoms with van der Waals surface area (Å²) < 4.78 is 0. The molecule has 1 unspecified atom stereocenters. The third-order valence-corrected chi connectivity index (χ3v) is 4.17. The first kappa shape index (κ1) is 12.6. The molecule has 94 valence electrons. The highest BCUT2D eigenvalue weighted by Gasteiger charge is 2.27. The van der Waals surface area contributed by atoms with Crippen LogP contribution in [0.15, 0.2) is 17.5 Å². The Hall–Kier alpha value is -0.870. The zero-order valence-electron chi connectivity index (χ0n) is 9.97. The average molecular weight is 253 g/mol. The highest BCUT2D eigenvalue weighted by Crippen LogP contribution is 2.23. The Kier molecular flexibility index (Phi) is 4.57. The van der Waals surface area contributed by atoms with Gasteiger partial charge in [0.15, 0.2) is 0 Å². The second-order valence-electron chi connectivity index (χ2n) is 4.51. The van der Waals surface area contributed by atoms with Crippen molar-refractivity contribution in [1.82, 2.24) is 4.90 Å². The Morgan fingerprint density at radius 1 is 1.59 bits per heavy atom. The average Bonchev–Trinajstić information content (AvgIpc) is 2.96. The summed E-state index contributed by atoms with van der Waals surface area (Å²) >= 11 is 1.64. The number of amides is 1. The van der Waals surface area contributed by atoms with Crippen LogP contribution in [0.3, 0.4) is 0 Å². The van der Waals surface area contributed by atoms with Crippen molar-refractivity contribution >= 4 is 17.2 Å². The Labute approximate surface area is 106 Å². The van der Waals surface area contributed by atoms with Gasteiger partial charge in [0.2, 0.25) is 5.91 Å². The van der Waals surface area contributed by atoms with Gasteiger partial charge in [-0.25, -0.2) is 0 Å². The van der Waals surface area contributed by atoms with Crippen molar-refractivity contribution in [2.75, 3.05) is 13.2 Å². The molecular formula is C13H19NO2S. The second-order valence-corrected chi connectivity index (χ2v) is 5.54. The van der Waals surface area contributed by atoms with Crippen molar-refractivity contribution in [3.63, 3.8) is 0 Å². The Morgan fingerprint density at radius 3 is 3.18 bits per heavy atom. The van der Waals surface area contributed by atoms with Crippen LogP contribution in [0.5, 0.6) is 0 Å². The molecule has 2 heterocycles. The standard InChI is InChI=1S/C13H19NO2S/c15-8-2-5-11-4-1-7-14(11)13(16)10-12-6-3-9-17-12/h3,6,9,11,15H,1-2,4-5,7-8,10H2. The number of thiophene rings is 1. The topological polar surface area (TPSA) is 40.5 Å². The Morgan fingerprint density at radius 2 is 2.47 bits per heavy atom. The Bertz CT molecular complexity index is 350. The fourth-order valence-electron chi connectivity index (χ4n) is 2.45. The van der Waals surface area contributed by atoms with Gasteiger partial charge in [-0.1, -0.05) is 6.07 Å². The Balaban J connectivity index is 1.89. The fourth-order valence-corrected chi connectivity index (χ4v) is 3.15. The van der Waals surface area contributed by atoms with Crippen LogP contribution in [-0.2, 0) is 11.2 Å². The van der Waals surface area contributed by atoms with Gasteiger partial charge in [0.05, 0.1) is 6.42 Å². The molecule has 17 heavy (non-hydrogen) atoms. The lowest BCUT2D eigenvalue weighted by Gasteiger charge is -2.24. The van der Waals surface area contributed by atoms with Gasteiger partial charge in [-0.3, -0.25) is 4.79 Å². The van der Waals surface area contributed by atoms with E-state index in [2.05, 4.69) is 0 Å². The maximum atomic E-state index is 12.2. The summed E-state index contributed by atoms with van der Waals surface area (Å²) in [5, 5.41) is 10.9. The highest BCUT2D eigenvalue weighted by atomic mass is 32.1. The van der Waals surface area contributed by atoms with Crippen molar-refractivity contribution < 1.29 is 9.90 Å². The van der Waals surface area contributed by atoms with E-state index in [-0.39, 0.29) is 12.5 Å². The van der Waals surface area contributed by atoms with Crippen molar-refractivity contribution in [3.05, 3.63) is 22.4 Å². The molecule has 1 aromatic heterocycles. The molecule has 1 fully saturated rings. The van der Waals surface area contributed by atoms with Gasteiger partial charge in [-0.05, 0) is 37.1 Å². The predicted octanol–water partition coefficient (Wildman–Crippen LogP) is 2.05. The van der Waals surface area contributed by atoms with Gasteiger partial charge in [0.25, 0.3) is 0 Å². The minimum absolute atomic E-state index is 0.226. The second kappa shape index (κ2) is 6.17. The molecule has 0 aliphatic carbocycles. The molecule has 2 rings (SSSR count). The van der Waals surface area contributed by atoms with Gasteiger partial charge in [0.1, 0.15) is 0 Å². The van der Waals surface area contributed by atoms with Crippen molar-refractivity contribution in [2.24, 2.45) is 0 Å². The van der Waals surface area contributed by atoms with Crippen LogP contribution in [0.2, 0.25) is 0 Å². The monoisotopic (exact) mass is 253 g/mol. The molecule has 1 atom stereocenters.